The maximum absolute atomic E-state index is 13.5. The highest BCUT2D eigenvalue weighted by Gasteiger charge is 2.33. The van der Waals surface area contributed by atoms with Gasteiger partial charge < -0.3 is 4.74 Å². The van der Waals surface area contributed by atoms with Crippen LogP contribution in [-0.2, 0) is 4.79 Å². The molecule has 2 nitrogen and oxygen atoms in total. The largest absolute Gasteiger partial charge is 0.426 e. The third-order valence-corrected chi connectivity index (χ3v) is 6.99. The molecular formula is C25H28F2O2. The first-order valence-corrected chi connectivity index (χ1v) is 10.8. The molecule has 0 N–H and O–H groups in total. The van der Waals surface area contributed by atoms with Crippen LogP contribution in [0.1, 0.15) is 51.4 Å². The first-order chi connectivity index (χ1) is 14.0. The maximum Gasteiger partial charge on any atom is 0.314 e. The molecule has 0 bridgehead atoms. The first kappa shape index (κ1) is 20.1. The van der Waals surface area contributed by atoms with Gasteiger partial charge in [-0.1, -0.05) is 12.1 Å². The number of carbonyl (C=O) groups is 1. The van der Waals surface area contributed by atoms with E-state index < -0.39 is 11.6 Å². The number of halogens is 2. The molecule has 2 aromatic rings. The zero-order chi connectivity index (χ0) is 20.4. The van der Waals surface area contributed by atoms with Crippen LogP contribution in [-0.4, -0.2) is 5.97 Å². The molecule has 2 aromatic carbocycles. The van der Waals surface area contributed by atoms with Gasteiger partial charge in [-0.25, -0.2) is 8.78 Å². The smallest absolute Gasteiger partial charge is 0.314 e. The Bertz CT molecular complexity index is 891. The molecule has 0 heterocycles. The van der Waals surface area contributed by atoms with Gasteiger partial charge in [-0.05, 0) is 104 Å². The fourth-order valence-corrected chi connectivity index (χ4v) is 5.16. The minimum Gasteiger partial charge on any atom is -0.426 e. The van der Waals surface area contributed by atoms with Crippen molar-refractivity contribution in [1.29, 1.82) is 0 Å². The lowest BCUT2D eigenvalue weighted by Crippen LogP contribution is -2.29. The van der Waals surface area contributed by atoms with E-state index in [-0.39, 0.29) is 11.9 Å². The van der Waals surface area contributed by atoms with Crippen molar-refractivity contribution < 1.29 is 18.3 Å². The van der Waals surface area contributed by atoms with Gasteiger partial charge in [-0.2, -0.15) is 0 Å². The summed E-state index contributed by atoms with van der Waals surface area (Å²) < 4.78 is 32.4. The number of allylic oxidation sites excluding steroid dienone is 1. The number of esters is 1. The van der Waals surface area contributed by atoms with Gasteiger partial charge in [0.05, 0.1) is 5.92 Å². The van der Waals surface area contributed by atoms with E-state index in [1.165, 1.54) is 25.7 Å². The van der Waals surface area contributed by atoms with Crippen LogP contribution in [0, 0.1) is 35.3 Å². The molecule has 4 rings (SSSR count). The number of benzene rings is 2. The second kappa shape index (κ2) is 8.64. The number of hydrogen-bond donors (Lipinski definition) is 0. The Balaban J connectivity index is 1.32. The summed E-state index contributed by atoms with van der Waals surface area (Å²) in [5.41, 5.74) is 0. The number of rotatable bonds is 4. The van der Waals surface area contributed by atoms with Gasteiger partial charge in [0.2, 0.25) is 0 Å². The molecular weight excluding hydrogens is 370 g/mol. The van der Waals surface area contributed by atoms with Crippen LogP contribution in [0.15, 0.2) is 43.0 Å². The third-order valence-electron chi connectivity index (χ3n) is 6.99. The predicted octanol–water partition coefficient (Wildman–Crippen LogP) is 6.82. The lowest BCUT2D eigenvalue weighted by Gasteiger charge is -2.36. The zero-order valence-corrected chi connectivity index (χ0v) is 16.7. The normalized spacial score (nSPS) is 27.5. The molecule has 0 aromatic heterocycles. The average Bonchev–Trinajstić information content (AvgIpc) is 2.75. The van der Waals surface area contributed by atoms with Crippen molar-refractivity contribution in [3.8, 4) is 5.75 Å². The molecule has 154 valence electrons. The van der Waals surface area contributed by atoms with E-state index >= 15 is 0 Å². The number of carbonyl (C=O) groups excluding carboxylic acids is 1. The lowest BCUT2D eigenvalue weighted by molar-refractivity contribution is -0.140. The maximum atomic E-state index is 13.5. The van der Waals surface area contributed by atoms with Crippen LogP contribution in [0.3, 0.4) is 0 Å². The molecule has 4 heteroatoms. The minimum atomic E-state index is -0.901. The second-order valence-corrected chi connectivity index (χ2v) is 8.72. The van der Waals surface area contributed by atoms with E-state index in [0.717, 1.165) is 49.7 Å². The average molecular weight is 398 g/mol. The molecule has 2 saturated carbocycles. The second-order valence-electron chi connectivity index (χ2n) is 8.72. The Kier molecular flexibility index (Phi) is 5.98. The summed E-state index contributed by atoms with van der Waals surface area (Å²) in [5.74, 6) is 0.528. The van der Waals surface area contributed by atoms with Crippen LogP contribution >= 0.6 is 0 Å². The van der Waals surface area contributed by atoms with Gasteiger partial charge in [-0.3, -0.25) is 4.79 Å². The van der Waals surface area contributed by atoms with Crippen LogP contribution in [0.2, 0.25) is 0 Å². The summed E-state index contributed by atoms with van der Waals surface area (Å²) in [6.45, 7) is 3.92. The van der Waals surface area contributed by atoms with Crippen LogP contribution in [0.5, 0.6) is 5.75 Å². The van der Waals surface area contributed by atoms with E-state index in [1.54, 1.807) is 18.2 Å². The van der Waals surface area contributed by atoms with Gasteiger partial charge >= 0.3 is 5.97 Å². The predicted molar refractivity (Wildman–Crippen MR) is 111 cm³/mol. The summed E-state index contributed by atoms with van der Waals surface area (Å²) in [5, 5.41) is 1.10. The molecule has 2 aliphatic carbocycles. The Morgan fingerprint density at radius 2 is 1.45 bits per heavy atom. The van der Waals surface area contributed by atoms with E-state index in [4.69, 9.17) is 4.74 Å². The van der Waals surface area contributed by atoms with Crippen molar-refractivity contribution in [1.82, 2.24) is 0 Å². The molecule has 0 unspecified atom stereocenters. The molecule has 0 atom stereocenters. The number of ether oxygens (including phenoxy) is 1. The van der Waals surface area contributed by atoms with E-state index in [0.29, 0.717) is 22.4 Å². The van der Waals surface area contributed by atoms with E-state index in [1.807, 2.05) is 0 Å². The Hall–Kier alpha value is -2.23. The molecule has 29 heavy (non-hydrogen) atoms. The number of fused-ring (bicyclic) bond motifs is 1. The van der Waals surface area contributed by atoms with Gasteiger partial charge in [0.15, 0.2) is 11.6 Å². The minimum absolute atomic E-state index is 0.0728. The Morgan fingerprint density at radius 3 is 2.07 bits per heavy atom. The molecule has 2 fully saturated rings. The van der Waals surface area contributed by atoms with Crippen molar-refractivity contribution in [2.45, 2.75) is 51.4 Å². The van der Waals surface area contributed by atoms with Crippen LogP contribution in [0.4, 0.5) is 8.78 Å². The molecule has 0 saturated heterocycles. The molecule has 0 radical (unpaired) electrons. The van der Waals surface area contributed by atoms with Crippen LogP contribution in [0.25, 0.3) is 10.8 Å². The highest BCUT2D eigenvalue weighted by Crippen LogP contribution is 2.41. The van der Waals surface area contributed by atoms with Gasteiger partial charge in [0.25, 0.3) is 0 Å². The van der Waals surface area contributed by atoms with Crippen molar-refractivity contribution >= 4 is 16.7 Å². The van der Waals surface area contributed by atoms with Crippen LogP contribution < -0.4 is 4.74 Å². The van der Waals surface area contributed by atoms with E-state index in [9.17, 15) is 13.6 Å². The zero-order valence-electron chi connectivity index (χ0n) is 16.7. The summed E-state index contributed by atoms with van der Waals surface area (Å²) >= 11 is 0. The summed E-state index contributed by atoms with van der Waals surface area (Å²) in [7, 11) is 0. The Morgan fingerprint density at radius 1 is 0.862 bits per heavy atom. The highest BCUT2D eigenvalue weighted by molar-refractivity contribution is 5.85. The van der Waals surface area contributed by atoms with Crippen molar-refractivity contribution in [2.75, 3.05) is 0 Å². The summed E-state index contributed by atoms with van der Waals surface area (Å²) in [4.78, 5) is 12.6. The molecule has 0 spiro atoms. The third kappa shape index (κ3) is 4.52. The van der Waals surface area contributed by atoms with Gasteiger partial charge in [0, 0.05) is 0 Å². The van der Waals surface area contributed by atoms with Crippen molar-refractivity contribution in [3.05, 3.63) is 54.6 Å². The molecule has 0 amide bonds. The summed E-state index contributed by atoms with van der Waals surface area (Å²) in [6.07, 6.45) is 11.1. The van der Waals surface area contributed by atoms with Gasteiger partial charge in [-0.15, -0.1) is 6.58 Å². The lowest BCUT2D eigenvalue weighted by atomic mass is 9.69. The molecule has 0 aliphatic heterocycles. The fourth-order valence-electron chi connectivity index (χ4n) is 5.16. The SMILES string of the molecule is C=CC1CCC(C2CCC(C(=O)Oc3ccc4cc(F)c(F)cc4c3)CC2)CC1. The first-order valence-electron chi connectivity index (χ1n) is 10.8. The van der Waals surface area contributed by atoms with Gasteiger partial charge in [0.1, 0.15) is 5.75 Å². The molecule has 2 aliphatic rings. The number of hydrogen-bond acceptors (Lipinski definition) is 2. The van der Waals surface area contributed by atoms with E-state index in [2.05, 4.69) is 12.7 Å². The van der Waals surface area contributed by atoms with Crippen molar-refractivity contribution in [3.63, 3.8) is 0 Å². The quantitative estimate of drug-likeness (QED) is 0.321. The topological polar surface area (TPSA) is 26.3 Å². The Labute approximate surface area is 170 Å². The monoisotopic (exact) mass is 398 g/mol. The summed E-state index contributed by atoms with van der Waals surface area (Å²) in [6, 6.07) is 7.17. The fraction of sp³-hybridized carbons (Fsp3) is 0.480. The standard InChI is InChI=1S/C25H28F2O2/c1-2-16-3-5-17(6-4-16)18-7-9-19(10-8-18)25(28)29-22-12-11-20-14-23(26)24(27)15-21(20)13-22/h2,11-19H,1,3-10H2. The highest BCUT2D eigenvalue weighted by atomic mass is 19.2. The van der Waals surface area contributed by atoms with Crippen molar-refractivity contribution in [2.24, 2.45) is 23.7 Å².